The summed E-state index contributed by atoms with van der Waals surface area (Å²) in [5.41, 5.74) is 1.06. The molecule has 13 heavy (non-hydrogen) atoms. The molecule has 0 heterocycles. The molecule has 3 heteroatoms. The molecule has 2 unspecified atom stereocenters. The monoisotopic (exact) mass is 198 g/mol. The van der Waals surface area contributed by atoms with Crippen LogP contribution in [0, 0.1) is 11.8 Å². The predicted octanol–water partition coefficient (Wildman–Crippen LogP) is 2.55. The molecule has 2 nitrogen and oxygen atoms in total. The van der Waals surface area contributed by atoms with Gasteiger partial charge in [0.05, 0.1) is 0 Å². The molecular formula is C10H11ClO2. The molecule has 1 N–H and O–H groups in total. The van der Waals surface area contributed by atoms with Crippen molar-refractivity contribution in [2.45, 2.75) is 19.3 Å². The smallest absolute Gasteiger partial charge is 0.328 e. The molecule has 1 saturated carbocycles. The van der Waals surface area contributed by atoms with Crippen molar-refractivity contribution in [2.24, 2.45) is 11.8 Å². The number of carbonyl (C=O) groups is 1. The van der Waals surface area contributed by atoms with Crippen LogP contribution in [0.4, 0.5) is 0 Å². The van der Waals surface area contributed by atoms with Crippen molar-refractivity contribution in [1.82, 2.24) is 0 Å². The Morgan fingerprint density at radius 1 is 1.46 bits per heavy atom. The van der Waals surface area contributed by atoms with Crippen molar-refractivity contribution in [3.63, 3.8) is 0 Å². The van der Waals surface area contributed by atoms with Gasteiger partial charge in [0, 0.05) is 11.1 Å². The number of aliphatic carboxylic acids is 1. The van der Waals surface area contributed by atoms with Gasteiger partial charge in [-0.3, -0.25) is 0 Å². The third kappa shape index (κ3) is 1.51. The Labute approximate surface area is 81.9 Å². The lowest BCUT2D eigenvalue weighted by Gasteiger charge is -2.11. The summed E-state index contributed by atoms with van der Waals surface area (Å²) in [4.78, 5) is 10.3. The van der Waals surface area contributed by atoms with E-state index >= 15 is 0 Å². The summed E-state index contributed by atoms with van der Waals surface area (Å²) in [6.07, 6.45) is 6.30. The van der Waals surface area contributed by atoms with Gasteiger partial charge in [0.2, 0.25) is 0 Å². The maximum Gasteiger partial charge on any atom is 0.328 e. The van der Waals surface area contributed by atoms with Crippen LogP contribution in [0.25, 0.3) is 0 Å². The van der Waals surface area contributed by atoms with E-state index in [2.05, 4.69) is 0 Å². The van der Waals surface area contributed by atoms with E-state index in [1.165, 1.54) is 18.9 Å². The molecule has 0 saturated heterocycles. The summed E-state index contributed by atoms with van der Waals surface area (Å²) in [6, 6.07) is 0. The molecule has 0 aromatic rings. The first kappa shape index (κ1) is 8.82. The highest BCUT2D eigenvalue weighted by atomic mass is 35.5. The van der Waals surface area contributed by atoms with Crippen LogP contribution >= 0.6 is 11.6 Å². The number of allylic oxidation sites excluding steroid dienone is 3. The van der Waals surface area contributed by atoms with Crippen molar-refractivity contribution < 1.29 is 9.90 Å². The zero-order chi connectivity index (χ0) is 9.42. The topological polar surface area (TPSA) is 37.3 Å². The number of hydrogen-bond acceptors (Lipinski definition) is 1. The first-order valence-electron chi connectivity index (χ1n) is 4.49. The molecule has 70 valence electrons. The van der Waals surface area contributed by atoms with Gasteiger partial charge in [-0.2, -0.15) is 0 Å². The van der Waals surface area contributed by atoms with Crippen LogP contribution in [0.1, 0.15) is 19.3 Å². The molecule has 0 aromatic carbocycles. The fourth-order valence-electron chi connectivity index (χ4n) is 2.30. The van der Waals surface area contributed by atoms with Gasteiger partial charge in [0.15, 0.2) is 0 Å². The van der Waals surface area contributed by atoms with Crippen LogP contribution in [-0.2, 0) is 4.79 Å². The van der Waals surface area contributed by atoms with Crippen molar-refractivity contribution in [2.75, 3.05) is 0 Å². The van der Waals surface area contributed by atoms with Crippen molar-refractivity contribution in [1.29, 1.82) is 0 Å². The molecule has 0 amide bonds. The van der Waals surface area contributed by atoms with E-state index in [0.717, 1.165) is 17.0 Å². The number of fused-ring (bicyclic) bond motifs is 2. The number of halogens is 1. The minimum absolute atomic E-state index is 0.514. The maximum absolute atomic E-state index is 10.3. The molecule has 1 fully saturated rings. The number of hydrogen-bond donors (Lipinski definition) is 1. The second-order valence-electron chi connectivity index (χ2n) is 3.68. The average molecular weight is 199 g/mol. The van der Waals surface area contributed by atoms with Gasteiger partial charge < -0.3 is 5.11 Å². The number of rotatable bonds is 2. The highest BCUT2D eigenvalue weighted by molar-refractivity contribution is 6.30. The first-order valence-corrected chi connectivity index (χ1v) is 4.87. The molecule has 2 rings (SSSR count). The minimum atomic E-state index is -0.903. The fraction of sp³-hybridized carbons (Fsp3) is 0.500. The van der Waals surface area contributed by atoms with Gasteiger partial charge in [-0.15, -0.1) is 0 Å². The normalized spacial score (nSPS) is 32.1. The third-order valence-electron chi connectivity index (χ3n) is 2.91. The van der Waals surface area contributed by atoms with Gasteiger partial charge in [-0.1, -0.05) is 17.7 Å². The van der Waals surface area contributed by atoms with Crippen LogP contribution in [0.15, 0.2) is 22.8 Å². The van der Waals surface area contributed by atoms with Gasteiger partial charge in [-0.25, -0.2) is 4.79 Å². The van der Waals surface area contributed by atoms with Crippen LogP contribution in [0.3, 0.4) is 0 Å². The Balaban J connectivity index is 2.19. The molecule has 0 aliphatic heterocycles. The zero-order valence-corrected chi connectivity index (χ0v) is 7.92. The number of carboxylic acids is 1. The Hall–Kier alpha value is -0.760. The van der Waals surface area contributed by atoms with E-state index in [0.29, 0.717) is 11.8 Å². The summed E-state index contributed by atoms with van der Waals surface area (Å²) >= 11 is 6.09. The summed E-state index contributed by atoms with van der Waals surface area (Å²) in [5.74, 6) is 0.132. The summed E-state index contributed by atoms with van der Waals surface area (Å²) in [7, 11) is 0. The average Bonchev–Trinajstić information content (AvgIpc) is 2.61. The second-order valence-corrected chi connectivity index (χ2v) is 4.09. The minimum Gasteiger partial charge on any atom is -0.478 e. The third-order valence-corrected chi connectivity index (χ3v) is 3.44. The van der Waals surface area contributed by atoms with Gasteiger partial charge in [0.25, 0.3) is 0 Å². The molecule has 0 radical (unpaired) electrons. The summed E-state index contributed by atoms with van der Waals surface area (Å²) in [6.45, 7) is 0. The lowest BCUT2D eigenvalue weighted by molar-refractivity contribution is -0.131. The standard InChI is InChI=1S/C10H11ClO2/c11-10-7-2-1-6(5-7)8(10)3-4-9(12)13/h3-4,6-7H,1-2,5H2,(H,12,13). The molecule has 0 aromatic heterocycles. The predicted molar refractivity (Wildman–Crippen MR) is 50.5 cm³/mol. The van der Waals surface area contributed by atoms with E-state index in [1.807, 2.05) is 0 Å². The fourth-order valence-corrected chi connectivity index (χ4v) is 2.72. The first-order chi connectivity index (χ1) is 6.18. The molecule has 2 aliphatic carbocycles. The molecular weight excluding hydrogens is 188 g/mol. The van der Waals surface area contributed by atoms with Crippen LogP contribution < -0.4 is 0 Å². The summed E-state index contributed by atoms with van der Waals surface area (Å²) < 4.78 is 0. The van der Waals surface area contributed by atoms with Crippen LogP contribution in [-0.4, -0.2) is 11.1 Å². The Morgan fingerprint density at radius 2 is 2.15 bits per heavy atom. The van der Waals surface area contributed by atoms with Gasteiger partial charge >= 0.3 is 5.97 Å². The van der Waals surface area contributed by atoms with Crippen molar-refractivity contribution >= 4 is 17.6 Å². The second kappa shape index (κ2) is 3.18. The van der Waals surface area contributed by atoms with E-state index in [-0.39, 0.29) is 0 Å². The van der Waals surface area contributed by atoms with E-state index in [9.17, 15) is 4.79 Å². The molecule has 2 atom stereocenters. The Bertz CT molecular complexity index is 304. The highest BCUT2D eigenvalue weighted by Gasteiger charge is 2.37. The lowest BCUT2D eigenvalue weighted by atomic mass is 9.98. The number of carboxylic acid groups (broad SMARTS) is 1. The molecule has 0 spiro atoms. The van der Waals surface area contributed by atoms with E-state index in [4.69, 9.17) is 16.7 Å². The van der Waals surface area contributed by atoms with E-state index < -0.39 is 5.97 Å². The van der Waals surface area contributed by atoms with E-state index in [1.54, 1.807) is 6.08 Å². The highest BCUT2D eigenvalue weighted by Crippen LogP contribution is 2.50. The maximum atomic E-state index is 10.3. The largest absolute Gasteiger partial charge is 0.478 e. The summed E-state index contributed by atoms with van der Waals surface area (Å²) in [5, 5.41) is 9.37. The zero-order valence-electron chi connectivity index (χ0n) is 7.16. The molecule has 2 bridgehead atoms. The van der Waals surface area contributed by atoms with Crippen LogP contribution in [0.5, 0.6) is 0 Å². The SMILES string of the molecule is O=C(O)C=CC1=C(Cl)C2CCC1C2. The van der Waals surface area contributed by atoms with Gasteiger partial charge in [-0.05, 0) is 36.7 Å². The quantitative estimate of drug-likeness (QED) is 0.693. The van der Waals surface area contributed by atoms with Crippen molar-refractivity contribution in [3.05, 3.63) is 22.8 Å². The van der Waals surface area contributed by atoms with Gasteiger partial charge in [0.1, 0.15) is 0 Å². The van der Waals surface area contributed by atoms with Crippen molar-refractivity contribution in [3.8, 4) is 0 Å². The Morgan fingerprint density at radius 3 is 2.69 bits per heavy atom. The lowest BCUT2D eigenvalue weighted by Crippen LogP contribution is -1.98. The molecule has 2 aliphatic rings. The van der Waals surface area contributed by atoms with Crippen LogP contribution in [0.2, 0.25) is 0 Å². The Kier molecular flexibility index (Phi) is 2.16.